The average molecular weight is 525 g/mol. The zero-order valence-corrected chi connectivity index (χ0v) is 20.8. The number of carbonyl (C=O) groups is 2. The van der Waals surface area contributed by atoms with Gasteiger partial charge in [0.05, 0.1) is 6.61 Å². The molecule has 0 radical (unpaired) electrons. The molecule has 13 heteroatoms. The molecule has 3 aliphatic rings. The van der Waals surface area contributed by atoms with Gasteiger partial charge < -0.3 is 22.4 Å². The number of pyridine rings is 1. The van der Waals surface area contributed by atoms with E-state index in [2.05, 4.69) is 29.4 Å². The van der Waals surface area contributed by atoms with Crippen molar-refractivity contribution in [1.82, 2.24) is 25.0 Å². The van der Waals surface area contributed by atoms with E-state index in [9.17, 15) is 9.59 Å². The Balaban J connectivity index is 1.02. The molecule has 3 aromatic rings. The van der Waals surface area contributed by atoms with Gasteiger partial charge in [-0.3, -0.25) is 4.90 Å². The van der Waals surface area contributed by atoms with Crippen LogP contribution in [0.2, 0.25) is 0 Å². The van der Waals surface area contributed by atoms with E-state index < -0.39 is 22.7 Å². The molecule has 0 atom stereocenters. The minimum Gasteiger partial charge on any atom is -0.478 e. The van der Waals surface area contributed by atoms with Crippen LogP contribution >= 0.6 is 10.8 Å². The number of hydrogen-bond acceptors (Lipinski definition) is 12. The summed E-state index contributed by atoms with van der Waals surface area (Å²) < 4.78 is 26.6. The fraction of sp³-hybridized carbons (Fsp3) is 0.333. The summed E-state index contributed by atoms with van der Waals surface area (Å²) in [6.07, 6.45) is 0.842. The predicted octanol–water partition coefficient (Wildman–Crippen LogP) is 2.30. The minimum atomic E-state index is -2.76. The summed E-state index contributed by atoms with van der Waals surface area (Å²) in [5.74, 6) is 0.0898. The maximum absolute atomic E-state index is 11.8. The van der Waals surface area contributed by atoms with Crippen molar-refractivity contribution in [3.8, 4) is 17.5 Å². The van der Waals surface area contributed by atoms with Gasteiger partial charge in [0.25, 0.3) is 5.89 Å². The van der Waals surface area contributed by atoms with Gasteiger partial charge >= 0.3 is 11.9 Å². The Hall–Kier alpha value is -3.97. The van der Waals surface area contributed by atoms with Gasteiger partial charge in [-0.25, -0.2) is 14.6 Å². The number of aryl methyl sites for hydroxylation is 1. The van der Waals surface area contributed by atoms with Crippen LogP contribution in [-0.4, -0.2) is 82.1 Å². The van der Waals surface area contributed by atoms with Gasteiger partial charge in [0.2, 0.25) is 11.8 Å². The molecule has 2 aromatic heterocycles. The number of amidine groups is 1. The van der Waals surface area contributed by atoms with Crippen molar-refractivity contribution in [2.45, 2.75) is 18.2 Å². The van der Waals surface area contributed by atoms with Crippen molar-refractivity contribution in [3.63, 3.8) is 0 Å². The van der Waals surface area contributed by atoms with E-state index in [0.717, 1.165) is 44.7 Å². The lowest BCUT2D eigenvalue weighted by molar-refractivity contribution is -0.150. The number of nitrogens with zero attached hydrogens (tertiary/aromatic N) is 6. The highest BCUT2D eigenvalue weighted by Crippen LogP contribution is 2.66. The number of rotatable bonds is 6. The van der Waals surface area contributed by atoms with Crippen molar-refractivity contribution < 1.29 is 27.1 Å². The monoisotopic (exact) mass is 524 g/mol. The molecule has 2 fully saturated rings. The second kappa shape index (κ2) is 9.48. The number of hydrogen-bond donors (Lipinski definition) is 0. The molecule has 0 unspecified atom stereocenters. The quantitative estimate of drug-likeness (QED) is 0.347. The summed E-state index contributed by atoms with van der Waals surface area (Å²) in [5, 5.41) is 7.83. The Labute approximate surface area is 214 Å². The van der Waals surface area contributed by atoms with Crippen molar-refractivity contribution in [1.29, 1.82) is 0 Å². The van der Waals surface area contributed by atoms with Crippen LogP contribution in [0.4, 0.5) is 0 Å². The number of piperazine rings is 1. The molecule has 0 bridgehead atoms. The average Bonchev–Trinajstić information content (AvgIpc) is 3.58. The molecule has 0 N–H and O–H groups in total. The third kappa shape index (κ3) is 4.51. The maximum atomic E-state index is 11.8. The smallest absolute Gasteiger partial charge is 0.443 e. The molecule has 192 valence electrons. The van der Waals surface area contributed by atoms with E-state index in [1.165, 1.54) is 0 Å². The molecule has 3 aliphatic heterocycles. The van der Waals surface area contributed by atoms with Gasteiger partial charge in [-0.2, -0.15) is 0 Å². The molecule has 0 saturated carbocycles. The minimum absolute atomic E-state index is 0.368. The molecule has 1 aromatic carbocycles. The van der Waals surface area contributed by atoms with Crippen LogP contribution < -0.4 is 4.74 Å². The normalized spacial score (nSPS) is 19.4. The second-order valence-electron chi connectivity index (χ2n) is 8.65. The van der Waals surface area contributed by atoms with Gasteiger partial charge in [0.1, 0.15) is 10.6 Å². The highest BCUT2D eigenvalue weighted by molar-refractivity contribution is 8.26. The van der Waals surface area contributed by atoms with Crippen molar-refractivity contribution in [2.75, 3.05) is 39.3 Å². The van der Waals surface area contributed by atoms with Crippen LogP contribution in [0, 0.1) is 6.92 Å². The molecule has 6 rings (SSSR count). The van der Waals surface area contributed by atoms with Gasteiger partial charge in [-0.15, -0.1) is 14.6 Å². The number of benzene rings is 1. The summed E-state index contributed by atoms with van der Waals surface area (Å²) in [6.45, 7) is 6.32. The molecule has 0 aliphatic carbocycles. The Morgan fingerprint density at radius 2 is 1.76 bits per heavy atom. The molecular formula is C24H24N6O6S. The lowest BCUT2D eigenvalue weighted by Gasteiger charge is -2.35. The zero-order valence-electron chi connectivity index (χ0n) is 20.0. The van der Waals surface area contributed by atoms with E-state index in [-0.39, 0.29) is 0 Å². The van der Waals surface area contributed by atoms with Gasteiger partial charge in [-0.05, 0) is 24.6 Å². The Morgan fingerprint density at radius 3 is 2.51 bits per heavy atom. The summed E-state index contributed by atoms with van der Waals surface area (Å²) in [6, 6.07) is 12.9. The second-order valence-corrected chi connectivity index (χ2v) is 10.6. The third-order valence-corrected chi connectivity index (χ3v) is 8.25. The lowest BCUT2D eigenvalue weighted by Crippen LogP contribution is -2.49. The standard InChI is InChI=1S/C24H24N6O6S/c1-16-26-27-22(34-16)18-7-4-9-20(25-18)33-15-5-10-29-11-13-30(14-12-29)21-17-6-2-3-8-19(17)37(28-21)35-23(31)24(32)36-37/h2-4,6-9H,5,10-15H2,1H3. The van der Waals surface area contributed by atoms with Crippen LogP contribution in [0.25, 0.3) is 11.6 Å². The first kappa shape index (κ1) is 23.4. The van der Waals surface area contributed by atoms with Crippen molar-refractivity contribution in [3.05, 3.63) is 53.9 Å². The van der Waals surface area contributed by atoms with E-state index >= 15 is 0 Å². The van der Waals surface area contributed by atoms with E-state index in [0.29, 0.717) is 40.7 Å². The Bertz CT molecular complexity index is 1370. The van der Waals surface area contributed by atoms with E-state index in [1.807, 2.05) is 24.3 Å². The van der Waals surface area contributed by atoms with Crippen LogP contribution in [0.15, 0.2) is 56.2 Å². The topological polar surface area (TPSA) is 132 Å². The van der Waals surface area contributed by atoms with Gasteiger partial charge in [-0.1, -0.05) is 18.2 Å². The first-order valence-electron chi connectivity index (χ1n) is 11.9. The summed E-state index contributed by atoms with van der Waals surface area (Å²) in [5.41, 5.74) is 1.42. The number of carbonyl (C=O) groups excluding carboxylic acids is 2. The third-order valence-electron chi connectivity index (χ3n) is 6.17. The van der Waals surface area contributed by atoms with Crippen LogP contribution in [0.3, 0.4) is 0 Å². The van der Waals surface area contributed by atoms with E-state index in [4.69, 9.17) is 17.5 Å². The first-order valence-corrected chi connectivity index (χ1v) is 13.3. The van der Waals surface area contributed by atoms with Crippen molar-refractivity contribution in [2.24, 2.45) is 4.40 Å². The SMILES string of the molecule is Cc1nnc(-c2cccc(OCCCN3CCN(C4=NS5(OC(=O)C(=O)O5)c5ccccc54)CC3)n2)o1. The highest BCUT2D eigenvalue weighted by atomic mass is 32.3. The van der Waals surface area contributed by atoms with Gasteiger partial charge in [0.15, 0.2) is 5.84 Å². The zero-order chi connectivity index (χ0) is 25.4. The molecule has 1 spiro atoms. The fourth-order valence-electron chi connectivity index (χ4n) is 4.40. The number of aromatic nitrogens is 3. The summed E-state index contributed by atoms with van der Waals surface area (Å²) >= 11 is 0. The fourth-order valence-corrected chi connectivity index (χ4v) is 6.46. The lowest BCUT2D eigenvalue weighted by atomic mass is 10.1. The summed E-state index contributed by atoms with van der Waals surface area (Å²) in [7, 11) is -2.76. The van der Waals surface area contributed by atoms with Crippen molar-refractivity contribution >= 4 is 28.6 Å². The highest BCUT2D eigenvalue weighted by Gasteiger charge is 2.49. The van der Waals surface area contributed by atoms with Gasteiger partial charge in [0, 0.05) is 62.1 Å². The van der Waals surface area contributed by atoms with Crippen LogP contribution in [-0.2, 0) is 18.0 Å². The number of fused-ring (bicyclic) bond motifs is 2. The molecular weight excluding hydrogens is 500 g/mol. The summed E-state index contributed by atoms with van der Waals surface area (Å²) in [4.78, 5) is 33.2. The molecule has 5 heterocycles. The molecule has 37 heavy (non-hydrogen) atoms. The maximum Gasteiger partial charge on any atom is 0.443 e. The Morgan fingerprint density at radius 1 is 0.973 bits per heavy atom. The van der Waals surface area contributed by atoms with E-state index in [1.54, 1.807) is 25.1 Å². The molecule has 12 nitrogen and oxygen atoms in total. The number of ether oxygens (including phenoxy) is 1. The predicted molar refractivity (Wildman–Crippen MR) is 131 cm³/mol. The largest absolute Gasteiger partial charge is 0.478 e. The van der Waals surface area contributed by atoms with Crippen LogP contribution in [0.5, 0.6) is 5.88 Å². The Kier molecular flexibility index (Phi) is 6.00. The first-order chi connectivity index (χ1) is 18.0. The van der Waals surface area contributed by atoms with Crippen LogP contribution in [0.1, 0.15) is 17.9 Å². The molecule has 2 saturated heterocycles. The molecule has 0 amide bonds.